The van der Waals surface area contributed by atoms with E-state index in [0.29, 0.717) is 0 Å². The van der Waals surface area contributed by atoms with Crippen LogP contribution in [-0.4, -0.2) is 25.9 Å². The highest BCUT2D eigenvalue weighted by Gasteiger charge is 2.28. The zero-order chi connectivity index (χ0) is 14.8. The molecule has 20 heavy (non-hydrogen) atoms. The summed E-state index contributed by atoms with van der Waals surface area (Å²) in [4.78, 5) is 1.19. The molecule has 110 valence electrons. The molecule has 0 spiro atoms. The highest BCUT2D eigenvalue weighted by Crippen LogP contribution is 2.33. The normalized spacial score (nSPS) is 13.7. The van der Waals surface area contributed by atoms with Gasteiger partial charge in [-0.15, -0.1) is 5.10 Å². The van der Waals surface area contributed by atoms with Crippen molar-refractivity contribution in [1.29, 1.82) is 0 Å². The second-order valence-electron chi connectivity index (χ2n) is 5.86. The monoisotopic (exact) mass is 293 g/mol. The van der Waals surface area contributed by atoms with Gasteiger partial charge in [-0.25, -0.2) is 0 Å². The Morgan fingerprint density at radius 1 is 1.35 bits per heavy atom. The van der Waals surface area contributed by atoms with Gasteiger partial charge in [0, 0.05) is 23.7 Å². The molecule has 0 bridgehead atoms. The highest BCUT2D eigenvalue weighted by atomic mass is 32.1. The summed E-state index contributed by atoms with van der Waals surface area (Å²) in [7, 11) is 0. The lowest BCUT2D eigenvalue weighted by Crippen LogP contribution is -2.24. The van der Waals surface area contributed by atoms with Crippen molar-refractivity contribution in [2.45, 2.75) is 52.6 Å². The Morgan fingerprint density at radius 3 is 2.65 bits per heavy atom. The molecule has 2 rings (SSSR count). The van der Waals surface area contributed by atoms with Crippen LogP contribution in [0.5, 0.6) is 0 Å². The van der Waals surface area contributed by atoms with E-state index in [4.69, 9.17) is 0 Å². The first-order valence-corrected chi connectivity index (χ1v) is 7.83. The molecule has 0 radical (unpaired) electrons. The number of aromatic nitrogens is 4. The third kappa shape index (κ3) is 3.07. The van der Waals surface area contributed by atoms with E-state index < -0.39 is 0 Å². The third-order valence-corrected chi connectivity index (χ3v) is 3.99. The van der Waals surface area contributed by atoms with Crippen molar-refractivity contribution < 1.29 is 0 Å². The number of rotatable bonds is 5. The fraction of sp³-hybridized carbons (Fsp3) is 0.643. The van der Waals surface area contributed by atoms with Crippen molar-refractivity contribution >= 4 is 11.5 Å². The van der Waals surface area contributed by atoms with Crippen molar-refractivity contribution in [2.75, 3.05) is 6.54 Å². The molecule has 0 saturated carbocycles. The minimum Gasteiger partial charge on any atom is -0.306 e. The maximum Gasteiger partial charge on any atom is 0.0860 e. The number of aryl methyl sites for hydroxylation is 1. The number of nitrogens with one attached hydrogen (secondary N) is 1. The molecule has 1 N–H and O–H groups in total. The van der Waals surface area contributed by atoms with Crippen LogP contribution in [-0.2, 0) is 12.0 Å². The van der Waals surface area contributed by atoms with Crippen LogP contribution in [0.15, 0.2) is 12.4 Å². The molecule has 6 heteroatoms. The second-order valence-corrected chi connectivity index (χ2v) is 6.64. The van der Waals surface area contributed by atoms with Crippen molar-refractivity contribution in [1.82, 2.24) is 24.7 Å². The van der Waals surface area contributed by atoms with Crippen LogP contribution in [0.25, 0.3) is 0 Å². The zero-order valence-electron chi connectivity index (χ0n) is 12.8. The Bertz CT molecular complexity index is 552. The molecule has 2 aromatic heterocycles. The molecule has 2 heterocycles. The fourth-order valence-electron chi connectivity index (χ4n) is 2.17. The first kappa shape index (κ1) is 15.1. The summed E-state index contributed by atoms with van der Waals surface area (Å²) in [5.74, 6) is 0. The Kier molecular flexibility index (Phi) is 4.55. The zero-order valence-corrected chi connectivity index (χ0v) is 13.7. The average molecular weight is 293 g/mol. The molecule has 1 unspecified atom stereocenters. The lowest BCUT2D eigenvalue weighted by atomic mass is 9.89. The summed E-state index contributed by atoms with van der Waals surface area (Å²) < 4.78 is 6.12. The van der Waals surface area contributed by atoms with Crippen molar-refractivity contribution in [2.24, 2.45) is 0 Å². The van der Waals surface area contributed by atoms with Gasteiger partial charge in [-0.05, 0) is 25.0 Å². The first-order valence-electron chi connectivity index (χ1n) is 7.05. The molecular weight excluding hydrogens is 270 g/mol. The van der Waals surface area contributed by atoms with E-state index in [0.717, 1.165) is 18.8 Å². The van der Waals surface area contributed by atoms with Gasteiger partial charge in [0.25, 0.3) is 0 Å². The van der Waals surface area contributed by atoms with Crippen LogP contribution in [0.4, 0.5) is 0 Å². The quantitative estimate of drug-likeness (QED) is 0.921. The Balaban J connectivity index is 2.41. The number of nitrogens with zero attached hydrogens (tertiary/aromatic N) is 4. The molecule has 2 aromatic rings. The smallest absolute Gasteiger partial charge is 0.0860 e. The van der Waals surface area contributed by atoms with Crippen LogP contribution >= 0.6 is 11.5 Å². The van der Waals surface area contributed by atoms with Gasteiger partial charge < -0.3 is 5.32 Å². The second kappa shape index (κ2) is 6.01. The Labute approximate surface area is 124 Å². The van der Waals surface area contributed by atoms with Crippen LogP contribution in [0.3, 0.4) is 0 Å². The largest absolute Gasteiger partial charge is 0.306 e. The molecule has 0 amide bonds. The Morgan fingerprint density at radius 2 is 2.10 bits per heavy atom. The summed E-state index contributed by atoms with van der Waals surface area (Å²) in [5, 5.41) is 12.3. The first-order chi connectivity index (χ1) is 9.47. The van der Waals surface area contributed by atoms with Gasteiger partial charge in [0.05, 0.1) is 22.8 Å². The number of hydrogen-bond donors (Lipinski definition) is 1. The molecule has 0 aromatic carbocycles. The summed E-state index contributed by atoms with van der Waals surface area (Å²) in [5.41, 5.74) is 2.24. The van der Waals surface area contributed by atoms with Crippen molar-refractivity contribution in [3.63, 3.8) is 0 Å². The maximum atomic E-state index is 4.38. The van der Waals surface area contributed by atoms with Gasteiger partial charge >= 0.3 is 0 Å². The van der Waals surface area contributed by atoms with E-state index in [1.807, 2.05) is 10.9 Å². The molecule has 0 fully saturated rings. The fourth-order valence-corrected chi connectivity index (χ4v) is 3.14. The van der Waals surface area contributed by atoms with E-state index in [9.17, 15) is 0 Å². The minimum absolute atomic E-state index is 0.00322. The predicted octanol–water partition coefficient (Wildman–Crippen LogP) is 2.75. The summed E-state index contributed by atoms with van der Waals surface area (Å²) in [6, 6.07) is 0.120. The topological polar surface area (TPSA) is 55.6 Å². The van der Waals surface area contributed by atoms with E-state index >= 15 is 0 Å². The lowest BCUT2D eigenvalue weighted by Gasteiger charge is -2.21. The lowest BCUT2D eigenvalue weighted by molar-refractivity contribution is 0.543. The molecule has 1 atom stereocenters. The van der Waals surface area contributed by atoms with Gasteiger partial charge in [-0.3, -0.25) is 4.68 Å². The molecule has 0 aliphatic heterocycles. The van der Waals surface area contributed by atoms with Gasteiger partial charge in [0.15, 0.2) is 0 Å². The third-order valence-electron chi connectivity index (χ3n) is 3.20. The number of hydrogen-bond acceptors (Lipinski definition) is 5. The molecular formula is C14H23N5S. The van der Waals surface area contributed by atoms with Gasteiger partial charge in [0.1, 0.15) is 0 Å². The van der Waals surface area contributed by atoms with Crippen LogP contribution in [0, 0.1) is 0 Å². The van der Waals surface area contributed by atoms with Crippen molar-refractivity contribution in [3.8, 4) is 0 Å². The van der Waals surface area contributed by atoms with E-state index in [1.54, 1.807) is 0 Å². The van der Waals surface area contributed by atoms with Gasteiger partial charge in [-0.1, -0.05) is 32.2 Å². The van der Waals surface area contributed by atoms with Crippen LogP contribution in [0.2, 0.25) is 0 Å². The molecule has 0 saturated heterocycles. The van der Waals surface area contributed by atoms with Crippen LogP contribution in [0.1, 0.15) is 56.8 Å². The Hall–Kier alpha value is -1.27. The molecule has 0 aliphatic carbocycles. The molecule has 5 nitrogen and oxygen atoms in total. The summed E-state index contributed by atoms with van der Waals surface area (Å²) in [6.45, 7) is 12.5. The van der Waals surface area contributed by atoms with Crippen LogP contribution < -0.4 is 5.32 Å². The van der Waals surface area contributed by atoms with Gasteiger partial charge in [0.2, 0.25) is 0 Å². The molecule has 0 aliphatic rings. The summed E-state index contributed by atoms with van der Waals surface area (Å²) in [6.07, 6.45) is 4.03. The SMILES string of the molecule is CCNC(c1cnn(CC)c1)c1snnc1C(C)(C)C. The van der Waals surface area contributed by atoms with E-state index in [1.165, 1.54) is 22.0 Å². The average Bonchev–Trinajstić information content (AvgIpc) is 3.04. The van der Waals surface area contributed by atoms with E-state index in [2.05, 4.69) is 60.8 Å². The highest BCUT2D eigenvalue weighted by molar-refractivity contribution is 7.05. The minimum atomic E-state index is -0.00322. The predicted molar refractivity (Wildman–Crippen MR) is 82.0 cm³/mol. The van der Waals surface area contributed by atoms with E-state index in [-0.39, 0.29) is 11.5 Å². The van der Waals surface area contributed by atoms with Crippen molar-refractivity contribution in [3.05, 3.63) is 28.5 Å². The standard InChI is InChI=1S/C14H23N5S/c1-6-15-11(10-8-16-19(7-2)9-10)12-13(14(3,4)5)17-18-20-12/h8-9,11,15H,6-7H2,1-5H3. The van der Waals surface area contributed by atoms with Gasteiger partial charge in [-0.2, -0.15) is 5.10 Å². The maximum absolute atomic E-state index is 4.38. The summed E-state index contributed by atoms with van der Waals surface area (Å²) >= 11 is 1.48.